The lowest BCUT2D eigenvalue weighted by molar-refractivity contribution is 0.507. The Kier molecular flexibility index (Phi) is 6.29. The Morgan fingerprint density at radius 1 is 1.29 bits per heavy atom. The highest BCUT2D eigenvalue weighted by molar-refractivity contribution is 7.11. The highest BCUT2D eigenvalue weighted by Gasteiger charge is 2.14. The molecule has 2 aromatic heterocycles. The molecular weight excluding hydrogens is 320 g/mol. The van der Waals surface area contributed by atoms with Crippen LogP contribution in [-0.2, 0) is 25.7 Å². The summed E-state index contributed by atoms with van der Waals surface area (Å²) in [7, 11) is 0. The van der Waals surface area contributed by atoms with Crippen molar-refractivity contribution in [2.75, 3.05) is 19.6 Å². The maximum Gasteiger partial charge on any atom is 0.191 e. The van der Waals surface area contributed by atoms with E-state index in [1.807, 2.05) is 23.5 Å². The number of nitrogens with zero attached hydrogens (tertiary/aromatic N) is 2. The normalized spacial score (nSPS) is 14.5. The summed E-state index contributed by atoms with van der Waals surface area (Å²) in [6.07, 6.45) is 8.47. The predicted molar refractivity (Wildman–Crippen MR) is 98.9 cm³/mol. The summed E-state index contributed by atoms with van der Waals surface area (Å²) in [6, 6.07) is 3.91. The van der Waals surface area contributed by atoms with Gasteiger partial charge >= 0.3 is 0 Å². The minimum absolute atomic E-state index is 0.766. The third-order valence-corrected chi connectivity index (χ3v) is 5.29. The molecule has 0 saturated carbocycles. The highest BCUT2D eigenvalue weighted by Crippen LogP contribution is 2.26. The van der Waals surface area contributed by atoms with E-state index in [1.54, 1.807) is 6.26 Å². The number of aromatic nitrogens is 1. The average molecular weight is 347 g/mol. The molecule has 0 aliphatic heterocycles. The fourth-order valence-corrected chi connectivity index (χ4v) is 4.02. The largest absolute Gasteiger partial charge is 0.469 e. The first kappa shape index (κ1) is 17.0. The second kappa shape index (κ2) is 8.87. The molecule has 0 aromatic carbocycles. The van der Waals surface area contributed by atoms with Crippen molar-refractivity contribution in [3.63, 3.8) is 0 Å². The molecule has 0 atom stereocenters. The van der Waals surface area contributed by atoms with E-state index in [0.29, 0.717) is 0 Å². The number of thiazole rings is 1. The molecule has 0 unspecified atom stereocenters. The average Bonchev–Trinajstić information content (AvgIpc) is 3.23. The van der Waals surface area contributed by atoms with Crippen molar-refractivity contribution in [3.8, 4) is 0 Å². The van der Waals surface area contributed by atoms with Gasteiger partial charge < -0.3 is 15.1 Å². The SMILES string of the molecule is CCNC(=NCCc1nc2c(s1)CCCC2)NCCc1ccco1. The Bertz CT molecular complexity index is 625. The minimum atomic E-state index is 0.766. The lowest BCUT2D eigenvalue weighted by atomic mass is 10.0. The van der Waals surface area contributed by atoms with Gasteiger partial charge in [0.25, 0.3) is 0 Å². The van der Waals surface area contributed by atoms with Crippen LogP contribution < -0.4 is 10.6 Å². The summed E-state index contributed by atoms with van der Waals surface area (Å²) >= 11 is 1.88. The quantitative estimate of drug-likeness (QED) is 0.598. The first-order chi connectivity index (χ1) is 11.8. The van der Waals surface area contributed by atoms with Crippen LogP contribution in [0.3, 0.4) is 0 Å². The molecule has 5 nitrogen and oxygen atoms in total. The van der Waals surface area contributed by atoms with Gasteiger partial charge in [0.05, 0.1) is 17.0 Å². The molecule has 1 aliphatic rings. The fourth-order valence-electron chi connectivity index (χ4n) is 2.88. The van der Waals surface area contributed by atoms with Crippen molar-refractivity contribution < 1.29 is 4.42 Å². The van der Waals surface area contributed by atoms with Crippen LogP contribution >= 0.6 is 11.3 Å². The molecular formula is C18H26N4OS. The van der Waals surface area contributed by atoms with Crippen molar-refractivity contribution in [2.24, 2.45) is 4.99 Å². The van der Waals surface area contributed by atoms with Crippen LogP contribution in [0.25, 0.3) is 0 Å². The number of hydrogen-bond acceptors (Lipinski definition) is 4. The Labute approximate surface area is 147 Å². The van der Waals surface area contributed by atoms with E-state index in [-0.39, 0.29) is 0 Å². The molecule has 0 fully saturated rings. The standard InChI is InChI=1S/C18H26N4OS/c1-2-19-18(20-11-9-14-6-5-13-23-14)21-12-10-17-22-15-7-3-4-8-16(15)24-17/h5-6,13H,2-4,7-12H2,1H3,(H2,19,20,21). The predicted octanol–water partition coefficient (Wildman–Crippen LogP) is 2.96. The molecule has 2 aromatic rings. The number of aliphatic imine (C=N–C) groups is 1. The number of nitrogens with one attached hydrogen (secondary N) is 2. The van der Waals surface area contributed by atoms with Gasteiger partial charge in [0.15, 0.2) is 5.96 Å². The van der Waals surface area contributed by atoms with Gasteiger partial charge in [0.1, 0.15) is 5.76 Å². The molecule has 2 heterocycles. The monoisotopic (exact) mass is 346 g/mol. The van der Waals surface area contributed by atoms with Crippen LogP contribution in [0.2, 0.25) is 0 Å². The fraction of sp³-hybridized carbons (Fsp3) is 0.556. The summed E-state index contributed by atoms with van der Waals surface area (Å²) in [4.78, 5) is 11.0. The molecule has 2 N–H and O–H groups in total. The van der Waals surface area contributed by atoms with Crippen molar-refractivity contribution in [2.45, 2.75) is 45.4 Å². The van der Waals surface area contributed by atoms with E-state index in [4.69, 9.17) is 9.40 Å². The zero-order chi connectivity index (χ0) is 16.6. The van der Waals surface area contributed by atoms with Gasteiger partial charge in [0, 0.05) is 37.4 Å². The molecule has 130 valence electrons. The van der Waals surface area contributed by atoms with E-state index in [9.17, 15) is 0 Å². The Balaban J connectivity index is 1.47. The van der Waals surface area contributed by atoms with Crippen molar-refractivity contribution >= 4 is 17.3 Å². The summed E-state index contributed by atoms with van der Waals surface area (Å²) in [5.41, 5.74) is 1.34. The first-order valence-electron chi connectivity index (χ1n) is 8.87. The van der Waals surface area contributed by atoms with Gasteiger partial charge in [0.2, 0.25) is 0 Å². The van der Waals surface area contributed by atoms with Crippen LogP contribution in [0.5, 0.6) is 0 Å². The van der Waals surface area contributed by atoms with Gasteiger partial charge in [-0.3, -0.25) is 4.99 Å². The van der Waals surface area contributed by atoms with E-state index >= 15 is 0 Å². The zero-order valence-electron chi connectivity index (χ0n) is 14.3. The van der Waals surface area contributed by atoms with Crippen LogP contribution in [0, 0.1) is 0 Å². The third kappa shape index (κ3) is 4.84. The molecule has 0 saturated heterocycles. The molecule has 6 heteroatoms. The number of aryl methyl sites for hydroxylation is 2. The van der Waals surface area contributed by atoms with Crippen molar-refractivity contribution in [1.29, 1.82) is 0 Å². The van der Waals surface area contributed by atoms with Crippen molar-refractivity contribution in [3.05, 3.63) is 39.7 Å². The lowest BCUT2D eigenvalue weighted by Gasteiger charge is -2.10. The first-order valence-corrected chi connectivity index (χ1v) is 9.69. The Morgan fingerprint density at radius 3 is 3.00 bits per heavy atom. The Hall–Kier alpha value is -1.82. The van der Waals surface area contributed by atoms with Gasteiger partial charge in [-0.05, 0) is 44.7 Å². The van der Waals surface area contributed by atoms with Crippen LogP contribution in [0.1, 0.15) is 41.1 Å². The number of fused-ring (bicyclic) bond motifs is 1. The summed E-state index contributed by atoms with van der Waals surface area (Å²) < 4.78 is 5.35. The highest BCUT2D eigenvalue weighted by atomic mass is 32.1. The number of furan rings is 1. The number of rotatable bonds is 7. The van der Waals surface area contributed by atoms with Crippen LogP contribution in [0.4, 0.5) is 0 Å². The second-order valence-electron chi connectivity index (χ2n) is 5.95. The second-order valence-corrected chi connectivity index (χ2v) is 7.12. The van der Waals surface area contributed by atoms with E-state index < -0.39 is 0 Å². The molecule has 1 aliphatic carbocycles. The van der Waals surface area contributed by atoms with Gasteiger partial charge in [-0.2, -0.15) is 0 Å². The van der Waals surface area contributed by atoms with Crippen LogP contribution in [-0.4, -0.2) is 30.6 Å². The topological polar surface area (TPSA) is 62.5 Å². The van der Waals surface area contributed by atoms with Gasteiger partial charge in [-0.25, -0.2) is 4.98 Å². The summed E-state index contributed by atoms with van der Waals surface area (Å²) in [5.74, 6) is 1.86. The third-order valence-electron chi connectivity index (χ3n) is 4.07. The number of guanidine groups is 1. The van der Waals surface area contributed by atoms with Gasteiger partial charge in [-0.1, -0.05) is 0 Å². The zero-order valence-corrected chi connectivity index (χ0v) is 15.1. The van der Waals surface area contributed by atoms with E-state index in [0.717, 1.165) is 50.6 Å². The van der Waals surface area contributed by atoms with Crippen LogP contribution in [0.15, 0.2) is 27.8 Å². The smallest absolute Gasteiger partial charge is 0.191 e. The minimum Gasteiger partial charge on any atom is -0.469 e. The summed E-state index contributed by atoms with van der Waals surface area (Å²) in [6.45, 7) is 4.52. The molecule has 0 amide bonds. The Morgan fingerprint density at radius 2 is 2.21 bits per heavy atom. The lowest BCUT2D eigenvalue weighted by Crippen LogP contribution is -2.38. The summed E-state index contributed by atoms with van der Waals surface area (Å²) in [5, 5.41) is 7.88. The molecule has 0 spiro atoms. The molecule has 3 rings (SSSR count). The maximum absolute atomic E-state index is 5.35. The maximum atomic E-state index is 5.35. The van der Waals surface area contributed by atoms with Gasteiger partial charge in [-0.15, -0.1) is 11.3 Å². The van der Waals surface area contributed by atoms with E-state index in [1.165, 1.54) is 34.8 Å². The van der Waals surface area contributed by atoms with Crippen molar-refractivity contribution in [1.82, 2.24) is 15.6 Å². The molecule has 24 heavy (non-hydrogen) atoms. The number of hydrogen-bond donors (Lipinski definition) is 2. The molecule has 0 radical (unpaired) electrons. The van der Waals surface area contributed by atoms with E-state index in [2.05, 4.69) is 22.5 Å². The molecule has 0 bridgehead atoms.